The number of terminal acetylenes is 1. The molecular weight excluding hydrogens is 512 g/mol. The predicted molar refractivity (Wildman–Crippen MR) is 134 cm³/mol. The second-order valence-corrected chi connectivity index (χ2v) is 10.0. The van der Waals surface area contributed by atoms with E-state index in [-0.39, 0.29) is 33.0 Å². The van der Waals surface area contributed by atoms with E-state index in [9.17, 15) is 18.0 Å². The number of hydrogen-bond donors (Lipinski definition) is 1. The van der Waals surface area contributed by atoms with Crippen LogP contribution in [0.1, 0.15) is 41.4 Å². The zero-order chi connectivity index (χ0) is 25.8. The largest absolute Gasteiger partial charge is 0.450 e. The molecule has 2 aliphatic rings. The van der Waals surface area contributed by atoms with Crippen molar-refractivity contribution in [3.05, 3.63) is 85.4 Å². The summed E-state index contributed by atoms with van der Waals surface area (Å²) in [4.78, 5) is 18.6. The fourth-order valence-electron chi connectivity index (χ4n) is 5.34. The maximum Gasteiger partial charge on any atom is 0.450 e. The van der Waals surface area contributed by atoms with Gasteiger partial charge in [0.1, 0.15) is 5.82 Å². The third kappa shape index (κ3) is 4.05. The van der Waals surface area contributed by atoms with E-state index in [4.69, 9.17) is 35.4 Å². The highest BCUT2D eigenvalue weighted by atomic mass is 35.5. The van der Waals surface area contributed by atoms with Crippen molar-refractivity contribution in [2.75, 3.05) is 18.0 Å². The molecule has 5 rings (SSSR count). The molecule has 1 aromatic heterocycles. The molecule has 1 atom stereocenters. The van der Waals surface area contributed by atoms with E-state index >= 15 is 0 Å². The van der Waals surface area contributed by atoms with Crippen LogP contribution in [0.4, 0.5) is 19.0 Å². The number of nitrogens with two attached hydrogens (primary N) is 1. The summed E-state index contributed by atoms with van der Waals surface area (Å²) in [5.74, 6) is 1.24. The zero-order valence-electron chi connectivity index (χ0n) is 18.9. The summed E-state index contributed by atoms with van der Waals surface area (Å²) in [6, 6.07) is 10.9. The van der Waals surface area contributed by atoms with Crippen LogP contribution >= 0.6 is 23.2 Å². The molecule has 0 amide bonds. The van der Waals surface area contributed by atoms with Gasteiger partial charge in [0.2, 0.25) is 5.82 Å². The molecule has 0 radical (unpaired) electrons. The van der Waals surface area contributed by atoms with Crippen molar-refractivity contribution in [2.45, 2.75) is 31.5 Å². The number of nitrogens with zero attached hydrogens (tertiary/aromatic N) is 3. The first-order valence-electron chi connectivity index (χ1n) is 11.3. The number of piperidine rings is 1. The second kappa shape index (κ2) is 8.84. The van der Waals surface area contributed by atoms with Gasteiger partial charge in [0.05, 0.1) is 15.7 Å². The van der Waals surface area contributed by atoms with Gasteiger partial charge in [-0.2, -0.15) is 13.2 Å². The minimum absolute atomic E-state index is 0.0304. The smallest absolute Gasteiger partial charge is 0.356 e. The molecule has 5 nitrogen and oxygen atoms in total. The van der Waals surface area contributed by atoms with Gasteiger partial charge in [-0.1, -0.05) is 41.3 Å². The van der Waals surface area contributed by atoms with Crippen LogP contribution in [0.5, 0.6) is 0 Å². The highest BCUT2D eigenvalue weighted by molar-refractivity contribution is 6.43. The number of alkyl halides is 3. The van der Waals surface area contributed by atoms with Crippen LogP contribution in [0.25, 0.3) is 5.69 Å². The molecule has 1 aliphatic heterocycles. The molecule has 1 aliphatic carbocycles. The first-order valence-corrected chi connectivity index (χ1v) is 12.1. The summed E-state index contributed by atoms with van der Waals surface area (Å²) >= 11 is 12.1. The van der Waals surface area contributed by atoms with Crippen LogP contribution in [-0.4, -0.2) is 22.6 Å². The van der Waals surface area contributed by atoms with E-state index in [1.165, 1.54) is 18.2 Å². The summed E-state index contributed by atoms with van der Waals surface area (Å²) in [5, 5.41) is -0.133. The Kier molecular flexibility index (Phi) is 6.06. The van der Waals surface area contributed by atoms with Crippen molar-refractivity contribution in [1.82, 2.24) is 9.55 Å². The van der Waals surface area contributed by atoms with Gasteiger partial charge in [-0.05, 0) is 60.1 Å². The summed E-state index contributed by atoms with van der Waals surface area (Å²) in [6.45, 7) is 0.824. The van der Waals surface area contributed by atoms with E-state index in [0.29, 0.717) is 30.5 Å². The number of benzene rings is 2. The van der Waals surface area contributed by atoms with Crippen molar-refractivity contribution in [2.24, 2.45) is 11.1 Å². The van der Waals surface area contributed by atoms with Crippen molar-refractivity contribution < 1.29 is 13.2 Å². The average Bonchev–Trinajstić information content (AvgIpc) is 3.11. The van der Waals surface area contributed by atoms with Crippen LogP contribution in [-0.2, 0) is 12.6 Å². The first-order chi connectivity index (χ1) is 17.0. The molecule has 1 fully saturated rings. The van der Waals surface area contributed by atoms with Gasteiger partial charge in [-0.25, -0.2) is 4.98 Å². The molecule has 1 spiro atoms. The standard InChI is InChI=1S/C26H21Cl2F3N4O/c1-2-15-6-7-16-14-25(23(32)17(16)12-15)8-10-34(11-9-25)20-13-21(36)35(24(33-20)26(29,30)31)19-5-3-4-18(27)22(19)28/h1,3-7,12-13,23H,8-11,14,32H2/t23-/m1/s1. The van der Waals surface area contributed by atoms with Gasteiger partial charge >= 0.3 is 6.18 Å². The lowest BCUT2D eigenvalue weighted by Gasteiger charge is -2.42. The molecule has 0 bridgehead atoms. The molecule has 36 heavy (non-hydrogen) atoms. The Morgan fingerprint density at radius 3 is 2.53 bits per heavy atom. The third-order valence-electron chi connectivity index (χ3n) is 7.26. The lowest BCUT2D eigenvalue weighted by molar-refractivity contribution is -0.146. The third-order valence-corrected chi connectivity index (χ3v) is 8.07. The second-order valence-electron chi connectivity index (χ2n) is 9.24. The van der Waals surface area contributed by atoms with Gasteiger partial charge in [0.25, 0.3) is 5.56 Å². The fourth-order valence-corrected chi connectivity index (χ4v) is 5.72. The molecule has 2 aromatic carbocycles. The Bertz CT molecular complexity index is 1450. The Balaban J connectivity index is 1.46. The van der Waals surface area contributed by atoms with Crippen molar-refractivity contribution in [1.29, 1.82) is 0 Å². The molecule has 0 unspecified atom stereocenters. The van der Waals surface area contributed by atoms with Crippen LogP contribution in [0, 0.1) is 17.8 Å². The highest BCUT2D eigenvalue weighted by Gasteiger charge is 2.46. The van der Waals surface area contributed by atoms with E-state index in [1.54, 1.807) is 4.90 Å². The normalized spacial score (nSPS) is 18.8. The van der Waals surface area contributed by atoms with Gasteiger partial charge in [0.15, 0.2) is 0 Å². The van der Waals surface area contributed by atoms with Crippen LogP contribution in [0.15, 0.2) is 47.3 Å². The maximum atomic E-state index is 14.1. The summed E-state index contributed by atoms with van der Waals surface area (Å²) < 4.78 is 42.6. The van der Waals surface area contributed by atoms with E-state index < -0.39 is 17.6 Å². The van der Waals surface area contributed by atoms with Gasteiger partial charge < -0.3 is 10.6 Å². The first kappa shape index (κ1) is 24.7. The SMILES string of the molecule is C#Cc1ccc2c(c1)[C@@H](N)C1(CCN(c3cc(=O)n(-c4cccc(Cl)c4Cl)c(C(F)(F)F)n3)CC1)C2. The fraction of sp³-hybridized carbons (Fsp3) is 0.308. The number of fused-ring (bicyclic) bond motifs is 1. The summed E-state index contributed by atoms with van der Waals surface area (Å²) in [6.07, 6.45) is 2.69. The molecule has 1 saturated heterocycles. The number of aromatic nitrogens is 2. The summed E-state index contributed by atoms with van der Waals surface area (Å²) in [7, 11) is 0. The summed E-state index contributed by atoms with van der Waals surface area (Å²) in [5.41, 5.74) is 8.29. The molecule has 2 heterocycles. The van der Waals surface area contributed by atoms with E-state index in [0.717, 1.165) is 29.2 Å². The maximum absolute atomic E-state index is 14.1. The highest BCUT2D eigenvalue weighted by Crippen LogP contribution is 2.51. The minimum atomic E-state index is -4.90. The lowest BCUT2D eigenvalue weighted by Crippen LogP contribution is -2.45. The number of anilines is 1. The average molecular weight is 533 g/mol. The minimum Gasteiger partial charge on any atom is -0.356 e. The quantitative estimate of drug-likeness (QED) is 0.450. The lowest BCUT2D eigenvalue weighted by atomic mass is 9.73. The van der Waals surface area contributed by atoms with Gasteiger partial charge in [0, 0.05) is 30.8 Å². The van der Waals surface area contributed by atoms with Crippen molar-refractivity contribution in [3.63, 3.8) is 0 Å². The number of rotatable bonds is 2. The predicted octanol–water partition coefficient (Wildman–Crippen LogP) is 5.38. The molecule has 186 valence electrons. The zero-order valence-corrected chi connectivity index (χ0v) is 20.5. The van der Waals surface area contributed by atoms with Crippen LogP contribution in [0.3, 0.4) is 0 Å². The number of hydrogen-bond acceptors (Lipinski definition) is 4. The van der Waals surface area contributed by atoms with Crippen LogP contribution in [0.2, 0.25) is 10.0 Å². The van der Waals surface area contributed by atoms with Crippen LogP contribution < -0.4 is 16.2 Å². The Labute approximate surface area is 215 Å². The molecular formula is C26H21Cl2F3N4O. The van der Waals surface area contributed by atoms with E-state index in [1.807, 2.05) is 18.2 Å². The Morgan fingerprint density at radius 1 is 1.14 bits per heavy atom. The monoisotopic (exact) mass is 532 g/mol. The number of halogens is 5. The molecule has 3 aromatic rings. The van der Waals surface area contributed by atoms with E-state index in [2.05, 4.69) is 10.9 Å². The molecule has 0 saturated carbocycles. The molecule has 2 N–H and O–H groups in total. The topological polar surface area (TPSA) is 64.2 Å². The van der Waals surface area contributed by atoms with Gasteiger partial charge in [-0.3, -0.25) is 9.36 Å². The molecule has 10 heteroatoms. The van der Waals surface area contributed by atoms with Crippen molar-refractivity contribution >= 4 is 29.0 Å². The Hall–Kier alpha value is -2.99. The van der Waals surface area contributed by atoms with Gasteiger partial charge in [-0.15, -0.1) is 6.42 Å². The van der Waals surface area contributed by atoms with Crippen molar-refractivity contribution in [3.8, 4) is 18.0 Å². The Morgan fingerprint density at radius 2 is 1.86 bits per heavy atom.